The minimum atomic E-state index is -0.276. The van der Waals surface area contributed by atoms with Crippen molar-refractivity contribution in [1.29, 1.82) is 0 Å². The van der Waals surface area contributed by atoms with E-state index in [1.165, 1.54) is 0 Å². The summed E-state index contributed by atoms with van der Waals surface area (Å²) in [6.45, 7) is 0.516. The molecular formula is C26H19N7OS. The molecule has 0 aliphatic rings. The fourth-order valence-electron chi connectivity index (χ4n) is 3.90. The molecule has 0 saturated heterocycles. The van der Waals surface area contributed by atoms with Crippen LogP contribution in [0.3, 0.4) is 0 Å². The Morgan fingerprint density at radius 3 is 2.69 bits per heavy atom. The molecule has 6 rings (SSSR count). The van der Waals surface area contributed by atoms with Crippen molar-refractivity contribution in [1.82, 2.24) is 29.9 Å². The summed E-state index contributed by atoms with van der Waals surface area (Å²) in [6, 6.07) is 21.3. The third-order valence-corrected chi connectivity index (χ3v) is 6.51. The summed E-state index contributed by atoms with van der Waals surface area (Å²) in [5, 5.41) is 17.4. The fourth-order valence-corrected chi connectivity index (χ4v) is 4.59. The molecule has 1 amide bonds. The van der Waals surface area contributed by atoms with Crippen molar-refractivity contribution in [2.75, 3.05) is 5.32 Å². The van der Waals surface area contributed by atoms with Crippen LogP contribution >= 0.6 is 11.3 Å². The molecule has 8 nitrogen and oxygen atoms in total. The Morgan fingerprint density at radius 2 is 1.89 bits per heavy atom. The number of fused-ring (bicyclic) bond motifs is 1. The first kappa shape index (κ1) is 20.9. The Bertz CT molecular complexity index is 1610. The van der Waals surface area contributed by atoms with Crippen LogP contribution in [-0.2, 0) is 6.54 Å². The maximum absolute atomic E-state index is 13.4. The number of anilines is 1. The van der Waals surface area contributed by atoms with Gasteiger partial charge in [0.15, 0.2) is 11.5 Å². The molecule has 0 fully saturated rings. The van der Waals surface area contributed by atoms with E-state index in [2.05, 4.69) is 25.6 Å². The molecule has 170 valence electrons. The van der Waals surface area contributed by atoms with Crippen LogP contribution in [0.25, 0.3) is 32.9 Å². The van der Waals surface area contributed by atoms with Crippen LogP contribution in [0.2, 0.25) is 0 Å². The monoisotopic (exact) mass is 477 g/mol. The van der Waals surface area contributed by atoms with Gasteiger partial charge in [-0.05, 0) is 35.2 Å². The zero-order valence-corrected chi connectivity index (χ0v) is 19.2. The number of H-pyrrole nitrogens is 1. The zero-order chi connectivity index (χ0) is 23.6. The molecule has 0 spiro atoms. The van der Waals surface area contributed by atoms with Crippen molar-refractivity contribution in [3.05, 3.63) is 102 Å². The molecule has 0 unspecified atom stereocenters. The number of thiophene rings is 1. The van der Waals surface area contributed by atoms with Gasteiger partial charge in [-0.1, -0.05) is 36.4 Å². The second kappa shape index (κ2) is 8.96. The third kappa shape index (κ3) is 4.20. The highest BCUT2D eigenvalue weighted by atomic mass is 32.1. The van der Waals surface area contributed by atoms with Crippen molar-refractivity contribution in [2.45, 2.75) is 6.54 Å². The number of rotatable bonds is 6. The number of aromatic nitrogens is 6. The first-order valence-electron chi connectivity index (χ1n) is 11.0. The number of amides is 1. The molecule has 6 aromatic rings. The molecule has 5 heterocycles. The van der Waals surface area contributed by atoms with Gasteiger partial charge in [0.25, 0.3) is 5.91 Å². The van der Waals surface area contributed by atoms with E-state index in [1.54, 1.807) is 40.7 Å². The van der Waals surface area contributed by atoms with E-state index in [0.717, 1.165) is 21.7 Å². The first-order chi connectivity index (χ1) is 17.2. The molecule has 0 atom stereocenters. The number of carbonyl (C=O) groups is 1. The maximum atomic E-state index is 13.4. The number of benzene rings is 1. The Labute approximate surface area is 204 Å². The van der Waals surface area contributed by atoms with Crippen LogP contribution < -0.4 is 5.32 Å². The van der Waals surface area contributed by atoms with Crippen LogP contribution in [0.1, 0.15) is 15.9 Å². The van der Waals surface area contributed by atoms with E-state index in [-0.39, 0.29) is 5.91 Å². The van der Waals surface area contributed by atoms with Crippen LogP contribution in [0, 0.1) is 0 Å². The summed E-state index contributed by atoms with van der Waals surface area (Å²) in [5.74, 6) is 0.177. The Balaban J connectivity index is 1.40. The van der Waals surface area contributed by atoms with Gasteiger partial charge >= 0.3 is 0 Å². The van der Waals surface area contributed by atoms with E-state index >= 15 is 0 Å². The predicted molar refractivity (Wildman–Crippen MR) is 136 cm³/mol. The topological polar surface area (TPSA) is 101 Å². The minimum Gasteiger partial charge on any atom is -0.305 e. The van der Waals surface area contributed by atoms with Crippen LogP contribution in [0.5, 0.6) is 0 Å². The number of hydrogen-bond donors (Lipinski definition) is 2. The molecule has 5 aromatic heterocycles. The standard InChI is InChI=1S/C26H19N7OS/c34-26(30-24-14-22(31-32-24)23-7-4-12-35-23)19-13-21(18-5-2-1-3-6-18)29-25-20(19)15-28-33(25)16-17-8-10-27-11-9-17/h1-15H,16H2,(H2,30,31,32,34). The molecule has 35 heavy (non-hydrogen) atoms. The van der Waals surface area contributed by atoms with Gasteiger partial charge in [0.2, 0.25) is 0 Å². The highest BCUT2D eigenvalue weighted by molar-refractivity contribution is 7.13. The van der Waals surface area contributed by atoms with Gasteiger partial charge < -0.3 is 5.32 Å². The molecule has 0 bridgehead atoms. The van der Waals surface area contributed by atoms with Gasteiger partial charge in [-0.3, -0.25) is 14.9 Å². The lowest BCUT2D eigenvalue weighted by Crippen LogP contribution is -2.13. The lowest BCUT2D eigenvalue weighted by molar-refractivity contribution is 0.102. The van der Waals surface area contributed by atoms with Gasteiger partial charge in [-0.2, -0.15) is 10.2 Å². The summed E-state index contributed by atoms with van der Waals surface area (Å²) < 4.78 is 1.80. The molecule has 9 heteroatoms. The summed E-state index contributed by atoms with van der Waals surface area (Å²) in [7, 11) is 0. The van der Waals surface area contributed by atoms with Crippen molar-refractivity contribution in [3.63, 3.8) is 0 Å². The SMILES string of the molecule is O=C(Nc1cc(-c2cccs2)[nH]n1)c1cc(-c2ccccc2)nc2c1cnn2Cc1ccncc1. The van der Waals surface area contributed by atoms with Gasteiger partial charge in [-0.25, -0.2) is 9.67 Å². The number of nitrogens with zero attached hydrogens (tertiary/aromatic N) is 5. The molecule has 0 radical (unpaired) electrons. The smallest absolute Gasteiger partial charge is 0.257 e. The Morgan fingerprint density at radius 1 is 1.03 bits per heavy atom. The molecule has 0 aliphatic heterocycles. The third-order valence-electron chi connectivity index (χ3n) is 5.61. The molecule has 0 saturated carbocycles. The minimum absolute atomic E-state index is 0.276. The van der Waals surface area contributed by atoms with E-state index < -0.39 is 0 Å². The zero-order valence-electron chi connectivity index (χ0n) is 18.4. The van der Waals surface area contributed by atoms with E-state index in [4.69, 9.17) is 4.98 Å². The first-order valence-corrected chi connectivity index (χ1v) is 11.8. The Kier molecular flexibility index (Phi) is 5.36. The number of aromatic amines is 1. The van der Waals surface area contributed by atoms with Crippen molar-refractivity contribution in [2.24, 2.45) is 0 Å². The second-order valence-electron chi connectivity index (χ2n) is 7.91. The summed E-state index contributed by atoms with van der Waals surface area (Å²) in [6.07, 6.45) is 5.18. The normalized spacial score (nSPS) is 11.1. The van der Waals surface area contributed by atoms with Crippen molar-refractivity contribution in [3.8, 4) is 21.8 Å². The van der Waals surface area contributed by atoms with E-state index in [0.29, 0.717) is 34.7 Å². The number of pyridine rings is 2. The summed E-state index contributed by atoms with van der Waals surface area (Å²) in [5.41, 5.74) is 4.62. The van der Waals surface area contributed by atoms with Gasteiger partial charge in [0, 0.05) is 24.0 Å². The van der Waals surface area contributed by atoms with Crippen LogP contribution in [-0.4, -0.2) is 35.9 Å². The van der Waals surface area contributed by atoms with Gasteiger partial charge in [0.1, 0.15) is 0 Å². The molecular weight excluding hydrogens is 458 g/mol. The van der Waals surface area contributed by atoms with Gasteiger partial charge in [0.05, 0.1) is 40.0 Å². The maximum Gasteiger partial charge on any atom is 0.257 e. The second-order valence-corrected chi connectivity index (χ2v) is 8.86. The predicted octanol–water partition coefficient (Wildman–Crippen LogP) is 5.25. The molecule has 1 aromatic carbocycles. The summed E-state index contributed by atoms with van der Waals surface area (Å²) in [4.78, 5) is 23.4. The largest absolute Gasteiger partial charge is 0.305 e. The summed E-state index contributed by atoms with van der Waals surface area (Å²) >= 11 is 1.60. The number of nitrogens with one attached hydrogen (secondary N) is 2. The lowest BCUT2D eigenvalue weighted by atomic mass is 10.1. The highest BCUT2D eigenvalue weighted by Crippen LogP contribution is 2.27. The van der Waals surface area contributed by atoms with E-state index in [1.807, 2.05) is 66.0 Å². The van der Waals surface area contributed by atoms with Crippen molar-refractivity contribution >= 4 is 34.1 Å². The Hall–Kier alpha value is -4.63. The van der Waals surface area contributed by atoms with E-state index in [9.17, 15) is 4.79 Å². The molecule has 2 N–H and O–H groups in total. The highest BCUT2D eigenvalue weighted by Gasteiger charge is 2.19. The number of hydrogen-bond acceptors (Lipinski definition) is 6. The van der Waals surface area contributed by atoms with Gasteiger partial charge in [-0.15, -0.1) is 11.3 Å². The quantitative estimate of drug-likeness (QED) is 0.341. The van der Waals surface area contributed by atoms with Crippen molar-refractivity contribution < 1.29 is 4.79 Å². The average molecular weight is 478 g/mol. The van der Waals surface area contributed by atoms with Crippen LogP contribution in [0.4, 0.5) is 5.82 Å². The number of carbonyl (C=O) groups excluding carboxylic acids is 1. The fraction of sp³-hybridized carbons (Fsp3) is 0.0385. The average Bonchev–Trinajstić information content (AvgIpc) is 3.66. The van der Waals surface area contributed by atoms with Crippen LogP contribution in [0.15, 0.2) is 90.7 Å². The molecule has 0 aliphatic carbocycles. The lowest BCUT2D eigenvalue weighted by Gasteiger charge is -2.09.